The van der Waals surface area contributed by atoms with Crippen molar-refractivity contribution >= 4 is 5.91 Å². The molecular formula is C21H27F3N2O2. The van der Waals surface area contributed by atoms with Crippen LogP contribution in [0.3, 0.4) is 0 Å². The van der Waals surface area contributed by atoms with Crippen LogP contribution in [0.15, 0.2) is 30.3 Å². The molecule has 4 nitrogen and oxygen atoms in total. The number of carbonyl (C=O) groups excluding carboxylic acids is 1. The van der Waals surface area contributed by atoms with Gasteiger partial charge in [0.15, 0.2) is 0 Å². The van der Waals surface area contributed by atoms with Crippen molar-refractivity contribution in [2.75, 3.05) is 26.2 Å². The molecule has 1 amide bonds. The summed E-state index contributed by atoms with van der Waals surface area (Å²) in [6.45, 7) is 0.589. The maximum atomic E-state index is 12.9. The van der Waals surface area contributed by atoms with Gasteiger partial charge in [-0.2, -0.15) is 13.2 Å². The van der Waals surface area contributed by atoms with Crippen LogP contribution in [0, 0.1) is 5.92 Å². The van der Waals surface area contributed by atoms with Crippen molar-refractivity contribution in [2.24, 2.45) is 5.92 Å². The van der Waals surface area contributed by atoms with E-state index < -0.39 is 18.1 Å². The lowest BCUT2D eigenvalue weighted by atomic mass is 9.60. The number of alkyl halides is 3. The normalized spacial score (nSPS) is 27.6. The maximum absolute atomic E-state index is 12.9. The van der Waals surface area contributed by atoms with E-state index in [1.54, 1.807) is 4.90 Å². The molecule has 2 aliphatic heterocycles. The van der Waals surface area contributed by atoms with Crippen LogP contribution in [-0.2, 0) is 4.79 Å². The lowest BCUT2D eigenvalue weighted by Crippen LogP contribution is -2.85. The standard InChI is InChI=1S/C21H27F3N2O2/c22-21(23,24)10-11-26-17(12-27)18(15-6-2-1-3-7-15)20(26)13-25(14-20)19(28)16-8-4-5-9-16/h1-3,6-7,16-18,27H,4-5,8-14H2/t17-,18+/m0/s1. The number of aliphatic hydroxyl groups excluding tert-OH is 1. The molecule has 0 unspecified atom stereocenters. The van der Waals surface area contributed by atoms with E-state index in [4.69, 9.17) is 0 Å². The fourth-order valence-corrected chi connectivity index (χ4v) is 5.58. The molecule has 7 heteroatoms. The molecule has 28 heavy (non-hydrogen) atoms. The summed E-state index contributed by atoms with van der Waals surface area (Å²) in [6, 6.07) is 9.33. The van der Waals surface area contributed by atoms with Gasteiger partial charge in [0.05, 0.1) is 18.6 Å². The summed E-state index contributed by atoms with van der Waals surface area (Å²) < 4.78 is 38.6. The Bertz CT molecular complexity index is 697. The van der Waals surface area contributed by atoms with E-state index in [0.717, 1.165) is 31.2 Å². The second-order valence-corrected chi connectivity index (χ2v) is 8.48. The highest BCUT2D eigenvalue weighted by atomic mass is 19.4. The van der Waals surface area contributed by atoms with Gasteiger partial charge in [-0.05, 0) is 18.4 Å². The molecule has 1 aromatic rings. The molecule has 1 aromatic carbocycles. The zero-order valence-electron chi connectivity index (χ0n) is 15.9. The smallest absolute Gasteiger partial charge is 0.390 e. The van der Waals surface area contributed by atoms with E-state index in [1.165, 1.54) is 0 Å². The minimum Gasteiger partial charge on any atom is -0.395 e. The fraction of sp³-hybridized carbons (Fsp3) is 0.667. The Hall–Kier alpha value is -1.60. The van der Waals surface area contributed by atoms with Crippen LogP contribution in [0.5, 0.6) is 0 Å². The molecule has 154 valence electrons. The Balaban J connectivity index is 1.54. The maximum Gasteiger partial charge on any atom is 0.390 e. The predicted octanol–water partition coefficient (Wildman–Crippen LogP) is 3.17. The van der Waals surface area contributed by atoms with Crippen molar-refractivity contribution in [3.05, 3.63) is 35.9 Å². The number of hydrogen-bond donors (Lipinski definition) is 1. The average Bonchev–Trinajstić information content (AvgIpc) is 3.14. The van der Waals surface area contributed by atoms with Crippen molar-refractivity contribution in [2.45, 2.75) is 55.8 Å². The molecule has 3 aliphatic rings. The SMILES string of the molecule is O=C(C1CCCC1)N1CC2(C1)[C@H](c1ccccc1)[C@H](CO)N2CCC(F)(F)F. The molecule has 2 saturated heterocycles. The third-order valence-corrected chi connectivity index (χ3v) is 6.86. The molecule has 1 spiro atoms. The van der Waals surface area contributed by atoms with E-state index >= 15 is 0 Å². The minimum absolute atomic E-state index is 0.0560. The molecule has 4 rings (SSSR count). The minimum atomic E-state index is -4.23. The molecule has 2 heterocycles. The number of aliphatic hydroxyl groups is 1. The predicted molar refractivity (Wildman–Crippen MR) is 98.7 cm³/mol. The monoisotopic (exact) mass is 396 g/mol. The van der Waals surface area contributed by atoms with Gasteiger partial charge >= 0.3 is 6.18 Å². The molecule has 1 saturated carbocycles. The van der Waals surface area contributed by atoms with Crippen LogP contribution >= 0.6 is 0 Å². The number of rotatable bonds is 5. The summed E-state index contributed by atoms with van der Waals surface area (Å²) in [4.78, 5) is 16.4. The molecular weight excluding hydrogens is 369 g/mol. The van der Waals surface area contributed by atoms with Crippen molar-refractivity contribution in [3.63, 3.8) is 0 Å². The van der Waals surface area contributed by atoms with E-state index in [2.05, 4.69) is 0 Å². The van der Waals surface area contributed by atoms with Crippen molar-refractivity contribution < 1.29 is 23.1 Å². The second kappa shape index (κ2) is 7.34. The lowest BCUT2D eigenvalue weighted by molar-refractivity contribution is -0.211. The highest BCUT2D eigenvalue weighted by molar-refractivity contribution is 5.80. The molecule has 0 radical (unpaired) electrons. The number of benzene rings is 1. The highest BCUT2D eigenvalue weighted by Crippen LogP contribution is 2.54. The fourth-order valence-electron chi connectivity index (χ4n) is 5.58. The number of amides is 1. The van der Waals surface area contributed by atoms with Crippen LogP contribution < -0.4 is 0 Å². The number of hydrogen-bond acceptors (Lipinski definition) is 3. The van der Waals surface area contributed by atoms with Crippen LogP contribution in [0.4, 0.5) is 13.2 Å². The first kappa shape index (κ1) is 19.7. The van der Waals surface area contributed by atoms with Crippen LogP contribution in [-0.4, -0.2) is 64.8 Å². The van der Waals surface area contributed by atoms with Gasteiger partial charge in [-0.15, -0.1) is 0 Å². The highest BCUT2D eigenvalue weighted by Gasteiger charge is 2.66. The number of nitrogens with zero attached hydrogens (tertiary/aromatic N) is 2. The first-order chi connectivity index (χ1) is 13.4. The summed E-state index contributed by atoms with van der Waals surface area (Å²) in [7, 11) is 0. The molecule has 0 aromatic heterocycles. The van der Waals surface area contributed by atoms with Gasteiger partial charge in [0, 0.05) is 37.5 Å². The number of carbonyl (C=O) groups is 1. The Morgan fingerprint density at radius 1 is 1.14 bits per heavy atom. The van der Waals surface area contributed by atoms with Gasteiger partial charge in [-0.3, -0.25) is 9.69 Å². The average molecular weight is 396 g/mol. The Morgan fingerprint density at radius 2 is 1.79 bits per heavy atom. The molecule has 1 N–H and O–H groups in total. The first-order valence-electron chi connectivity index (χ1n) is 10.1. The van der Waals surface area contributed by atoms with E-state index in [0.29, 0.717) is 13.1 Å². The van der Waals surface area contributed by atoms with Gasteiger partial charge in [-0.25, -0.2) is 0 Å². The van der Waals surface area contributed by atoms with Gasteiger partial charge in [0.1, 0.15) is 0 Å². The number of halogens is 3. The zero-order chi connectivity index (χ0) is 19.9. The summed E-state index contributed by atoms with van der Waals surface area (Å²) in [6.07, 6.45) is -1.15. The van der Waals surface area contributed by atoms with Gasteiger partial charge in [0.2, 0.25) is 5.91 Å². The van der Waals surface area contributed by atoms with Crippen LogP contribution in [0.25, 0.3) is 0 Å². The summed E-state index contributed by atoms with van der Waals surface area (Å²) in [5.74, 6) is 0.169. The van der Waals surface area contributed by atoms with Crippen LogP contribution in [0.1, 0.15) is 43.6 Å². The largest absolute Gasteiger partial charge is 0.395 e. The van der Waals surface area contributed by atoms with E-state index in [1.807, 2.05) is 35.2 Å². The molecule has 0 bridgehead atoms. The van der Waals surface area contributed by atoms with Crippen LogP contribution in [0.2, 0.25) is 0 Å². The zero-order valence-corrected chi connectivity index (χ0v) is 15.9. The quantitative estimate of drug-likeness (QED) is 0.832. The van der Waals surface area contributed by atoms with Crippen molar-refractivity contribution in [1.29, 1.82) is 0 Å². The Kier molecular flexibility index (Phi) is 5.16. The van der Waals surface area contributed by atoms with E-state index in [-0.39, 0.29) is 36.9 Å². The topological polar surface area (TPSA) is 43.8 Å². The molecule has 2 atom stereocenters. The second-order valence-electron chi connectivity index (χ2n) is 8.48. The number of likely N-dealkylation sites (tertiary alicyclic amines) is 2. The third kappa shape index (κ3) is 3.32. The van der Waals surface area contributed by atoms with Gasteiger partial charge in [0.25, 0.3) is 0 Å². The molecule has 3 fully saturated rings. The lowest BCUT2D eigenvalue weighted by Gasteiger charge is -2.71. The van der Waals surface area contributed by atoms with Crippen molar-refractivity contribution in [1.82, 2.24) is 9.80 Å². The summed E-state index contributed by atoms with van der Waals surface area (Å²) in [5.41, 5.74) is 0.534. The van der Waals surface area contributed by atoms with Gasteiger partial charge < -0.3 is 10.0 Å². The summed E-state index contributed by atoms with van der Waals surface area (Å²) >= 11 is 0. The first-order valence-corrected chi connectivity index (χ1v) is 10.1. The molecule has 1 aliphatic carbocycles. The van der Waals surface area contributed by atoms with Crippen molar-refractivity contribution in [3.8, 4) is 0 Å². The summed E-state index contributed by atoms with van der Waals surface area (Å²) in [5, 5.41) is 9.91. The Morgan fingerprint density at radius 3 is 2.36 bits per heavy atom. The Labute approximate surface area is 163 Å². The van der Waals surface area contributed by atoms with Gasteiger partial charge in [-0.1, -0.05) is 43.2 Å². The van der Waals surface area contributed by atoms with E-state index in [9.17, 15) is 23.1 Å². The third-order valence-electron chi connectivity index (χ3n) is 6.86.